The first kappa shape index (κ1) is 14.7. The number of carbonyl (C=O) groups is 2. The van der Waals surface area contributed by atoms with Gasteiger partial charge in [-0.1, -0.05) is 13.3 Å². The number of amides is 2. The van der Waals surface area contributed by atoms with Gasteiger partial charge in [-0.25, -0.2) is 9.29 Å². The number of carbonyl (C=O) groups excluding carboxylic acids is 2. The molecule has 2 unspecified atom stereocenters. The highest BCUT2D eigenvalue weighted by Crippen LogP contribution is 2.46. The normalized spacial score (nSPS) is 28.4. The molecule has 0 N–H and O–H groups in total. The van der Waals surface area contributed by atoms with Crippen molar-refractivity contribution in [3.63, 3.8) is 0 Å². The molecule has 5 heteroatoms. The van der Waals surface area contributed by atoms with Gasteiger partial charge in [-0.3, -0.25) is 9.59 Å². The van der Waals surface area contributed by atoms with Crippen molar-refractivity contribution in [3.05, 3.63) is 28.0 Å². The lowest BCUT2D eigenvalue weighted by Crippen LogP contribution is -2.32. The Morgan fingerprint density at radius 3 is 2.33 bits per heavy atom. The lowest BCUT2D eigenvalue weighted by molar-refractivity contribution is -0.123. The lowest BCUT2D eigenvalue weighted by Gasteiger charge is -2.20. The highest BCUT2D eigenvalue weighted by Gasteiger charge is 2.53. The number of nitrogens with zero attached hydrogens (tertiary/aromatic N) is 1. The molecule has 0 aromatic heterocycles. The smallest absolute Gasteiger partial charge is 0.237 e. The molecular weight excluding hydrogens is 337 g/mol. The van der Waals surface area contributed by atoms with E-state index in [0.29, 0.717) is 16.1 Å². The number of rotatable bonds is 2. The van der Waals surface area contributed by atoms with E-state index in [0.717, 1.165) is 24.8 Å². The van der Waals surface area contributed by atoms with Gasteiger partial charge >= 0.3 is 0 Å². The van der Waals surface area contributed by atoms with E-state index in [1.807, 2.05) is 0 Å². The van der Waals surface area contributed by atoms with Gasteiger partial charge in [-0.15, -0.1) is 0 Å². The molecule has 1 aliphatic carbocycles. The second-order valence-electron chi connectivity index (χ2n) is 6.02. The van der Waals surface area contributed by atoms with Crippen LogP contribution in [-0.2, 0) is 9.59 Å². The van der Waals surface area contributed by atoms with E-state index < -0.39 is 5.82 Å². The van der Waals surface area contributed by atoms with Crippen LogP contribution in [0.5, 0.6) is 0 Å². The maximum Gasteiger partial charge on any atom is 0.237 e. The third-order valence-corrected chi connectivity index (χ3v) is 5.40. The van der Waals surface area contributed by atoms with Gasteiger partial charge in [-0.05, 0) is 59.3 Å². The molecule has 2 aliphatic rings. The molecule has 112 valence electrons. The number of hydrogen-bond acceptors (Lipinski definition) is 2. The average molecular weight is 354 g/mol. The molecule has 1 aliphatic heterocycles. The Balaban J connectivity index is 1.97. The van der Waals surface area contributed by atoms with E-state index in [1.54, 1.807) is 13.0 Å². The monoisotopic (exact) mass is 353 g/mol. The van der Waals surface area contributed by atoms with Crippen LogP contribution in [0.25, 0.3) is 0 Å². The number of halogens is 2. The van der Waals surface area contributed by atoms with Gasteiger partial charge in [0.25, 0.3) is 0 Å². The van der Waals surface area contributed by atoms with Crippen molar-refractivity contribution in [2.45, 2.75) is 33.1 Å². The Labute approximate surface area is 131 Å². The third kappa shape index (κ3) is 2.22. The topological polar surface area (TPSA) is 37.4 Å². The zero-order valence-electron chi connectivity index (χ0n) is 12.0. The highest BCUT2D eigenvalue weighted by molar-refractivity contribution is 9.10. The van der Waals surface area contributed by atoms with Crippen LogP contribution in [0.15, 0.2) is 16.6 Å². The summed E-state index contributed by atoms with van der Waals surface area (Å²) in [6, 6.07) is 2.88. The van der Waals surface area contributed by atoms with Crippen LogP contribution in [0.4, 0.5) is 10.1 Å². The van der Waals surface area contributed by atoms with E-state index in [4.69, 9.17) is 0 Å². The predicted octanol–water partition coefficient (Wildman–Crippen LogP) is 3.82. The van der Waals surface area contributed by atoms with Gasteiger partial charge in [-0.2, -0.15) is 0 Å². The van der Waals surface area contributed by atoms with Crippen molar-refractivity contribution in [2.24, 2.45) is 17.8 Å². The minimum absolute atomic E-state index is 0.161. The third-order valence-electron chi connectivity index (χ3n) is 4.79. The Kier molecular flexibility index (Phi) is 3.64. The summed E-state index contributed by atoms with van der Waals surface area (Å²) in [7, 11) is 0. The molecule has 0 bridgehead atoms. The second kappa shape index (κ2) is 5.20. The molecule has 1 saturated carbocycles. The molecule has 2 amide bonds. The fraction of sp³-hybridized carbons (Fsp3) is 0.500. The maximum absolute atomic E-state index is 13.8. The molecule has 2 fully saturated rings. The number of fused-ring (bicyclic) bond motifs is 1. The standard InChI is InChI=1S/C16H17BrFNO2/c1-3-9-5-10-11(6-9)16(21)19(15(10)20)14-7-13(18)12(17)4-8(14)2/h4,7,9-11H,3,5-6H2,1-2H3. The van der Waals surface area contributed by atoms with Crippen LogP contribution in [0.3, 0.4) is 0 Å². The van der Waals surface area contributed by atoms with Crippen LogP contribution < -0.4 is 4.90 Å². The van der Waals surface area contributed by atoms with Crippen molar-refractivity contribution in [3.8, 4) is 0 Å². The summed E-state index contributed by atoms with van der Waals surface area (Å²) in [4.78, 5) is 26.4. The quantitative estimate of drug-likeness (QED) is 0.758. The largest absolute Gasteiger partial charge is 0.274 e. The molecule has 3 rings (SSSR count). The number of benzene rings is 1. The first-order chi connectivity index (χ1) is 9.93. The molecule has 1 aromatic carbocycles. The molecule has 1 heterocycles. The SMILES string of the molecule is CCC1CC2C(=O)N(c3cc(F)c(Br)cc3C)C(=O)C2C1. The fourth-order valence-corrected chi connectivity index (χ4v) is 4.03. The summed E-state index contributed by atoms with van der Waals surface area (Å²) in [5, 5.41) is 0. The highest BCUT2D eigenvalue weighted by atomic mass is 79.9. The maximum atomic E-state index is 13.8. The molecule has 0 spiro atoms. The fourth-order valence-electron chi connectivity index (χ4n) is 3.58. The van der Waals surface area contributed by atoms with Crippen molar-refractivity contribution in [1.29, 1.82) is 0 Å². The van der Waals surface area contributed by atoms with Crippen LogP contribution in [0, 0.1) is 30.5 Å². The molecular formula is C16H17BrFNO2. The van der Waals surface area contributed by atoms with E-state index >= 15 is 0 Å². The van der Waals surface area contributed by atoms with E-state index in [9.17, 15) is 14.0 Å². The number of anilines is 1. The summed E-state index contributed by atoms with van der Waals surface area (Å²) in [6.45, 7) is 3.87. The number of aryl methyl sites for hydroxylation is 1. The Morgan fingerprint density at radius 1 is 1.24 bits per heavy atom. The summed E-state index contributed by atoms with van der Waals surface area (Å²) in [5.74, 6) is -0.754. The first-order valence-electron chi connectivity index (χ1n) is 7.27. The van der Waals surface area contributed by atoms with E-state index in [1.165, 1.54) is 11.0 Å². The number of hydrogen-bond donors (Lipinski definition) is 0. The van der Waals surface area contributed by atoms with Crippen molar-refractivity contribution >= 4 is 33.4 Å². The second-order valence-corrected chi connectivity index (χ2v) is 6.88. The predicted molar refractivity (Wildman–Crippen MR) is 81.3 cm³/mol. The number of imide groups is 1. The zero-order valence-corrected chi connectivity index (χ0v) is 13.6. The van der Waals surface area contributed by atoms with Crippen LogP contribution in [-0.4, -0.2) is 11.8 Å². The van der Waals surface area contributed by atoms with Gasteiger partial charge in [0.05, 0.1) is 22.0 Å². The lowest BCUT2D eigenvalue weighted by atomic mass is 10.00. The van der Waals surface area contributed by atoms with Crippen LogP contribution in [0.1, 0.15) is 31.7 Å². The van der Waals surface area contributed by atoms with Crippen molar-refractivity contribution in [2.75, 3.05) is 4.90 Å². The van der Waals surface area contributed by atoms with E-state index in [-0.39, 0.29) is 23.7 Å². The van der Waals surface area contributed by atoms with E-state index in [2.05, 4.69) is 22.9 Å². The van der Waals surface area contributed by atoms with Crippen molar-refractivity contribution in [1.82, 2.24) is 0 Å². The van der Waals surface area contributed by atoms with Gasteiger partial charge in [0.2, 0.25) is 11.8 Å². The zero-order chi connectivity index (χ0) is 15.3. The van der Waals surface area contributed by atoms with Crippen molar-refractivity contribution < 1.29 is 14.0 Å². The average Bonchev–Trinajstić information content (AvgIpc) is 2.96. The first-order valence-corrected chi connectivity index (χ1v) is 8.06. The summed E-state index contributed by atoms with van der Waals surface area (Å²) < 4.78 is 14.1. The molecule has 1 saturated heterocycles. The summed E-state index contributed by atoms with van der Waals surface area (Å²) in [6.07, 6.45) is 2.56. The van der Waals surface area contributed by atoms with Gasteiger partial charge in [0, 0.05) is 0 Å². The Morgan fingerprint density at radius 2 is 1.81 bits per heavy atom. The molecule has 2 atom stereocenters. The minimum Gasteiger partial charge on any atom is -0.274 e. The van der Waals surface area contributed by atoms with Gasteiger partial charge < -0.3 is 0 Å². The molecule has 21 heavy (non-hydrogen) atoms. The van der Waals surface area contributed by atoms with Crippen LogP contribution >= 0.6 is 15.9 Å². The molecule has 1 aromatic rings. The van der Waals surface area contributed by atoms with Gasteiger partial charge in [0.15, 0.2) is 0 Å². The molecule has 0 radical (unpaired) electrons. The van der Waals surface area contributed by atoms with Gasteiger partial charge in [0.1, 0.15) is 5.82 Å². The Bertz CT molecular complexity index is 607. The molecule has 3 nitrogen and oxygen atoms in total. The summed E-state index contributed by atoms with van der Waals surface area (Å²) >= 11 is 3.12. The summed E-state index contributed by atoms with van der Waals surface area (Å²) in [5.41, 5.74) is 1.10. The Hall–Kier alpha value is -1.23. The minimum atomic E-state index is -0.459. The van der Waals surface area contributed by atoms with Crippen LogP contribution in [0.2, 0.25) is 0 Å².